The maximum atomic E-state index is 12.8. The molecule has 3 N–H and O–H groups in total. The fraction of sp³-hybridized carbons (Fsp3) is 0. The number of rotatable bonds is 5. The molecule has 1 amide bonds. The summed E-state index contributed by atoms with van der Waals surface area (Å²) in [5.74, 6) is -0.653. The lowest BCUT2D eigenvalue weighted by atomic mass is 10.1. The summed E-state index contributed by atoms with van der Waals surface area (Å²) in [4.78, 5) is 12.8. The summed E-state index contributed by atoms with van der Waals surface area (Å²) in [6, 6.07) is 11.9. The smallest absolute Gasteiger partial charge is 0.294 e. The van der Waals surface area contributed by atoms with Crippen LogP contribution in [0.5, 0.6) is 0 Å². The number of hydrogen-bond donors (Lipinski definition) is 2. The van der Waals surface area contributed by atoms with Crippen LogP contribution in [0, 0.1) is 0 Å². The first-order valence-corrected chi connectivity index (χ1v) is 9.67. The van der Waals surface area contributed by atoms with E-state index in [1.54, 1.807) is 42.5 Å². The van der Waals surface area contributed by atoms with Crippen LogP contribution in [-0.4, -0.2) is 37.4 Å². The molecule has 0 radical (unpaired) electrons. The largest absolute Gasteiger partial charge is 0.378 e. The molecular weight excluding hydrogens is 467 g/mol. The summed E-state index contributed by atoms with van der Waals surface area (Å²) >= 11 is 18.4. The van der Waals surface area contributed by atoms with E-state index in [1.165, 1.54) is 10.9 Å². The molecule has 0 spiro atoms. The molecule has 2 aromatic carbocycles. The van der Waals surface area contributed by atoms with E-state index in [2.05, 4.69) is 35.8 Å². The van der Waals surface area contributed by atoms with Crippen molar-refractivity contribution in [3.8, 4) is 17.1 Å². The Morgan fingerprint density at radius 2 is 1.87 bits per heavy atom. The van der Waals surface area contributed by atoms with Crippen molar-refractivity contribution in [3.05, 3.63) is 68.8 Å². The third-order valence-corrected chi connectivity index (χ3v) is 5.22. The molecule has 2 heterocycles. The molecule has 0 saturated heterocycles. The monoisotopic (exact) mass is 476 g/mol. The first-order chi connectivity index (χ1) is 15.0. The van der Waals surface area contributed by atoms with E-state index in [0.717, 1.165) is 0 Å². The molecule has 0 aliphatic carbocycles. The molecule has 0 aliphatic heterocycles. The first kappa shape index (κ1) is 20.8. The van der Waals surface area contributed by atoms with Crippen LogP contribution < -0.4 is 11.2 Å². The minimum absolute atomic E-state index is 0.0428. The molecule has 10 nitrogen and oxygen atoms in total. The van der Waals surface area contributed by atoms with Gasteiger partial charge >= 0.3 is 0 Å². The number of nitrogens with zero attached hydrogens (tertiary/aromatic N) is 6. The van der Waals surface area contributed by atoms with Gasteiger partial charge in [0.1, 0.15) is 5.69 Å². The Morgan fingerprint density at radius 1 is 1.10 bits per heavy atom. The van der Waals surface area contributed by atoms with Gasteiger partial charge in [0.15, 0.2) is 5.69 Å². The van der Waals surface area contributed by atoms with Crippen molar-refractivity contribution in [2.45, 2.75) is 0 Å². The Bertz CT molecular complexity index is 1300. The van der Waals surface area contributed by atoms with Crippen molar-refractivity contribution >= 4 is 52.7 Å². The molecule has 0 fully saturated rings. The van der Waals surface area contributed by atoms with Gasteiger partial charge in [-0.25, -0.2) is 10.1 Å². The predicted molar refractivity (Wildman–Crippen MR) is 116 cm³/mol. The standard InChI is InChI=1S/C18H11Cl3N8O2/c19-11-6-2-1-5-10(11)15-14(24-28-29(15)17-16(22)26-31-27-17)18(30)25-23-8-9-4-3-7-12(20)13(9)21/h1-8H,(H2,22,26)(H,25,30)/b23-8+. The van der Waals surface area contributed by atoms with Gasteiger partial charge in [0.05, 0.1) is 21.3 Å². The number of hydrogen-bond acceptors (Lipinski definition) is 8. The van der Waals surface area contributed by atoms with Gasteiger partial charge in [-0.1, -0.05) is 70.3 Å². The fourth-order valence-corrected chi connectivity index (χ4v) is 3.23. The molecule has 13 heteroatoms. The average Bonchev–Trinajstić information content (AvgIpc) is 3.37. The number of amides is 1. The third kappa shape index (κ3) is 4.08. The van der Waals surface area contributed by atoms with Gasteiger partial charge < -0.3 is 5.73 Å². The summed E-state index contributed by atoms with van der Waals surface area (Å²) in [7, 11) is 0. The minimum Gasteiger partial charge on any atom is -0.378 e. The molecule has 0 bridgehead atoms. The topological polar surface area (TPSA) is 137 Å². The maximum absolute atomic E-state index is 12.8. The highest BCUT2D eigenvalue weighted by molar-refractivity contribution is 6.43. The summed E-state index contributed by atoms with van der Waals surface area (Å²) in [6.07, 6.45) is 1.35. The number of anilines is 1. The summed E-state index contributed by atoms with van der Waals surface area (Å²) in [5.41, 5.74) is 9.28. The Labute approximate surface area is 189 Å². The Hall–Kier alpha value is -3.47. The second-order valence-corrected chi connectivity index (χ2v) is 7.19. The quantitative estimate of drug-likeness (QED) is 0.331. The lowest BCUT2D eigenvalue weighted by Gasteiger charge is -2.07. The van der Waals surface area contributed by atoms with Crippen LogP contribution in [0.4, 0.5) is 5.82 Å². The summed E-state index contributed by atoms with van der Waals surface area (Å²) in [5, 5.41) is 20.1. The summed E-state index contributed by atoms with van der Waals surface area (Å²) in [6.45, 7) is 0. The molecular formula is C18H11Cl3N8O2. The van der Waals surface area contributed by atoms with E-state index >= 15 is 0 Å². The van der Waals surface area contributed by atoms with Crippen molar-refractivity contribution in [1.29, 1.82) is 0 Å². The lowest BCUT2D eigenvalue weighted by molar-refractivity contribution is 0.0950. The van der Waals surface area contributed by atoms with Gasteiger partial charge in [-0.2, -0.15) is 9.78 Å². The van der Waals surface area contributed by atoms with Crippen LogP contribution in [0.3, 0.4) is 0 Å². The lowest BCUT2D eigenvalue weighted by Crippen LogP contribution is -2.19. The minimum atomic E-state index is -0.661. The van der Waals surface area contributed by atoms with Gasteiger partial charge in [0, 0.05) is 11.1 Å². The van der Waals surface area contributed by atoms with E-state index in [4.69, 9.17) is 40.5 Å². The Morgan fingerprint density at radius 3 is 2.61 bits per heavy atom. The highest BCUT2D eigenvalue weighted by Crippen LogP contribution is 2.31. The Balaban J connectivity index is 1.71. The average molecular weight is 478 g/mol. The van der Waals surface area contributed by atoms with Crippen molar-refractivity contribution in [1.82, 2.24) is 30.7 Å². The highest BCUT2D eigenvalue weighted by Gasteiger charge is 2.26. The van der Waals surface area contributed by atoms with E-state index in [9.17, 15) is 4.79 Å². The van der Waals surface area contributed by atoms with Crippen LogP contribution >= 0.6 is 34.8 Å². The molecule has 31 heavy (non-hydrogen) atoms. The van der Waals surface area contributed by atoms with Gasteiger partial charge in [-0.15, -0.1) is 5.10 Å². The second kappa shape index (κ2) is 8.72. The van der Waals surface area contributed by atoms with Gasteiger partial charge in [0.25, 0.3) is 5.91 Å². The highest BCUT2D eigenvalue weighted by atomic mass is 35.5. The Kier molecular flexibility index (Phi) is 5.85. The zero-order valence-corrected chi connectivity index (χ0v) is 17.6. The van der Waals surface area contributed by atoms with Crippen molar-refractivity contribution in [2.75, 3.05) is 5.73 Å². The molecule has 2 aromatic heterocycles. The van der Waals surface area contributed by atoms with Gasteiger partial charge in [-0.3, -0.25) is 4.79 Å². The van der Waals surface area contributed by atoms with E-state index in [0.29, 0.717) is 26.2 Å². The SMILES string of the molecule is Nc1nonc1-n1nnc(C(=O)N/N=C/c2cccc(Cl)c2Cl)c1-c1ccccc1Cl. The molecule has 0 unspecified atom stereocenters. The molecule has 156 valence electrons. The molecule has 0 saturated carbocycles. The van der Waals surface area contributed by atoms with Crippen molar-refractivity contribution in [3.63, 3.8) is 0 Å². The number of halogens is 3. The zero-order chi connectivity index (χ0) is 22.0. The third-order valence-electron chi connectivity index (χ3n) is 4.06. The van der Waals surface area contributed by atoms with Crippen molar-refractivity contribution < 1.29 is 9.42 Å². The van der Waals surface area contributed by atoms with Crippen LogP contribution in [0.25, 0.3) is 17.1 Å². The fourth-order valence-electron chi connectivity index (χ4n) is 2.65. The number of benzene rings is 2. The number of carbonyl (C=O) groups excluding carboxylic acids is 1. The molecule has 4 aromatic rings. The molecule has 0 aliphatic rings. The number of hydrazone groups is 1. The first-order valence-electron chi connectivity index (χ1n) is 8.53. The number of nitrogens with one attached hydrogen (secondary N) is 1. The predicted octanol–water partition coefficient (Wildman–Crippen LogP) is 3.62. The van der Waals surface area contributed by atoms with Crippen LogP contribution in [-0.2, 0) is 0 Å². The van der Waals surface area contributed by atoms with Crippen molar-refractivity contribution in [2.24, 2.45) is 5.10 Å². The number of nitrogens with two attached hydrogens (primary N) is 1. The number of aromatic nitrogens is 5. The van der Waals surface area contributed by atoms with Gasteiger partial charge in [-0.05, 0) is 22.4 Å². The maximum Gasteiger partial charge on any atom is 0.294 e. The zero-order valence-electron chi connectivity index (χ0n) is 15.3. The number of nitrogen functional groups attached to an aromatic ring is 1. The summed E-state index contributed by atoms with van der Waals surface area (Å²) < 4.78 is 5.84. The molecule has 0 atom stereocenters. The van der Waals surface area contributed by atoms with Crippen LogP contribution in [0.1, 0.15) is 16.1 Å². The second-order valence-electron chi connectivity index (χ2n) is 5.99. The van der Waals surface area contributed by atoms with E-state index < -0.39 is 5.91 Å². The van der Waals surface area contributed by atoms with Crippen LogP contribution in [0.2, 0.25) is 15.1 Å². The molecule has 4 rings (SSSR count). The van der Waals surface area contributed by atoms with E-state index in [1.807, 2.05) is 0 Å². The van der Waals surface area contributed by atoms with Gasteiger partial charge in [0.2, 0.25) is 11.6 Å². The van der Waals surface area contributed by atoms with E-state index in [-0.39, 0.29) is 23.0 Å². The number of carbonyl (C=O) groups is 1. The van der Waals surface area contributed by atoms with Crippen LogP contribution in [0.15, 0.2) is 52.2 Å². The normalized spacial score (nSPS) is 11.2.